The van der Waals surface area contributed by atoms with Crippen molar-refractivity contribution < 1.29 is 9.84 Å². The van der Waals surface area contributed by atoms with Crippen LogP contribution in [0.25, 0.3) is 0 Å². The summed E-state index contributed by atoms with van der Waals surface area (Å²) < 4.78 is 5.76. The molecule has 29 heavy (non-hydrogen) atoms. The largest absolute Gasteiger partial charge is 0.356 e. The fourth-order valence-corrected chi connectivity index (χ4v) is 6.77. The summed E-state index contributed by atoms with van der Waals surface area (Å²) in [6, 6.07) is 0.697. The van der Waals surface area contributed by atoms with Gasteiger partial charge in [0.2, 0.25) is 6.41 Å². The quantitative estimate of drug-likeness (QED) is 0.444. The van der Waals surface area contributed by atoms with Gasteiger partial charge in [-0.05, 0) is 81.6 Å². The zero-order valence-electron chi connectivity index (χ0n) is 18.7. The van der Waals surface area contributed by atoms with Crippen molar-refractivity contribution in [3.8, 4) is 0 Å². The van der Waals surface area contributed by atoms with E-state index in [-0.39, 0.29) is 0 Å². The zero-order valence-corrected chi connectivity index (χ0v) is 18.7. The van der Waals surface area contributed by atoms with E-state index in [1.54, 1.807) is 0 Å². The van der Waals surface area contributed by atoms with Crippen LogP contribution in [-0.2, 0) is 4.74 Å². The Morgan fingerprint density at radius 2 is 1.86 bits per heavy atom. The fourth-order valence-electron chi connectivity index (χ4n) is 6.77. The van der Waals surface area contributed by atoms with Gasteiger partial charge in [-0.15, -0.1) is 0 Å². The number of fused-ring (bicyclic) bond motifs is 3. The van der Waals surface area contributed by atoms with E-state index >= 15 is 0 Å². The van der Waals surface area contributed by atoms with Crippen LogP contribution in [0.1, 0.15) is 84.0 Å². The van der Waals surface area contributed by atoms with Crippen molar-refractivity contribution in [1.82, 2.24) is 15.5 Å². The molecule has 4 fully saturated rings. The zero-order chi connectivity index (χ0) is 20.1. The third kappa shape index (κ3) is 5.54. The molecule has 2 saturated carbocycles. The van der Waals surface area contributed by atoms with Crippen molar-refractivity contribution in [2.24, 2.45) is 23.7 Å². The van der Waals surface area contributed by atoms with Gasteiger partial charge in [0.05, 0.1) is 12.8 Å². The molecule has 0 aromatic rings. The van der Waals surface area contributed by atoms with E-state index in [9.17, 15) is 5.11 Å². The number of hydrogen-bond acceptors (Lipinski definition) is 5. The number of nitrogens with one attached hydrogen (secondary N) is 2. The van der Waals surface area contributed by atoms with Crippen molar-refractivity contribution in [3.05, 3.63) is 0 Å². The number of likely N-dealkylation sites (tertiary alicyclic amines) is 1. The van der Waals surface area contributed by atoms with Crippen LogP contribution in [0.5, 0.6) is 0 Å². The number of rotatable bonds is 7. The van der Waals surface area contributed by atoms with Crippen LogP contribution in [0.15, 0.2) is 0 Å². The number of aliphatic hydroxyl groups excluding tert-OH is 1. The summed E-state index contributed by atoms with van der Waals surface area (Å²) in [5.74, 6) is 3.04. The summed E-state index contributed by atoms with van der Waals surface area (Å²) in [4.78, 5) is 2.22. The predicted molar refractivity (Wildman–Crippen MR) is 117 cm³/mol. The molecule has 5 nitrogen and oxygen atoms in total. The normalized spacial score (nSPS) is 38.1. The highest BCUT2D eigenvalue weighted by atomic mass is 16.6. The molecule has 0 bridgehead atoms. The Morgan fingerprint density at radius 1 is 1.03 bits per heavy atom. The molecule has 0 aromatic heterocycles. The molecule has 0 spiro atoms. The third-order valence-corrected chi connectivity index (χ3v) is 8.38. The Labute approximate surface area is 178 Å². The van der Waals surface area contributed by atoms with Crippen molar-refractivity contribution >= 4 is 0 Å². The summed E-state index contributed by atoms with van der Waals surface area (Å²) in [5.41, 5.74) is 0. The van der Waals surface area contributed by atoms with Crippen LogP contribution in [-0.4, -0.2) is 54.9 Å². The van der Waals surface area contributed by atoms with Crippen LogP contribution >= 0.6 is 0 Å². The minimum absolute atomic E-state index is 0.455. The van der Waals surface area contributed by atoms with Crippen molar-refractivity contribution in [2.75, 3.05) is 26.2 Å². The standard InChI is InChI=1S/C24H45N3O2/c1-2-3-16-29-24(28)27-15-13-18-11-12-19-8-7-14-25-23(22(19)21(18)17-27)26-20-9-5-4-6-10-20/h18-26,28H,2-17H2,1H3. The van der Waals surface area contributed by atoms with Crippen LogP contribution < -0.4 is 10.6 Å². The minimum atomic E-state index is -0.716. The first-order valence-corrected chi connectivity index (χ1v) is 12.8. The number of aliphatic hydroxyl groups is 1. The van der Waals surface area contributed by atoms with Gasteiger partial charge in [0.15, 0.2) is 0 Å². The molecule has 5 heteroatoms. The summed E-state index contributed by atoms with van der Waals surface area (Å²) in [5, 5.41) is 18.7. The van der Waals surface area contributed by atoms with Crippen LogP contribution in [0.4, 0.5) is 0 Å². The molecule has 6 unspecified atom stereocenters. The van der Waals surface area contributed by atoms with Gasteiger partial charge in [0, 0.05) is 19.1 Å². The van der Waals surface area contributed by atoms with Crippen molar-refractivity contribution in [2.45, 2.75) is 103 Å². The molecular formula is C24H45N3O2. The first kappa shape index (κ1) is 22.0. The maximum absolute atomic E-state index is 10.6. The molecule has 3 N–H and O–H groups in total. The molecule has 2 saturated heterocycles. The van der Waals surface area contributed by atoms with E-state index in [0.717, 1.165) is 44.3 Å². The third-order valence-electron chi connectivity index (χ3n) is 8.38. The summed E-state index contributed by atoms with van der Waals surface area (Å²) in [7, 11) is 0. The van der Waals surface area contributed by atoms with Gasteiger partial charge >= 0.3 is 0 Å². The van der Waals surface area contributed by atoms with Gasteiger partial charge < -0.3 is 15.2 Å². The second kappa shape index (κ2) is 10.9. The van der Waals surface area contributed by atoms with Crippen LogP contribution in [0.2, 0.25) is 0 Å². The number of ether oxygens (including phenoxy) is 1. The van der Waals surface area contributed by atoms with E-state index in [1.165, 1.54) is 64.2 Å². The van der Waals surface area contributed by atoms with Gasteiger partial charge in [-0.3, -0.25) is 10.2 Å². The number of nitrogens with zero attached hydrogens (tertiary/aromatic N) is 1. The first-order valence-electron chi connectivity index (χ1n) is 12.8. The maximum Gasteiger partial charge on any atom is 0.216 e. The van der Waals surface area contributed by atoms with Crippen LogP contribution in [0, 0.1) is 23.7 Å². The lowest BCUT2D eigenvalue weighted by Gasteiger charge is -2.51. The summed E-state index contributed by atoms with van der Waals surface area (Å²) in [6.07, 6.45) is 15.5. The second-order valence-corrected chi connectivity index (χ2v) is 10.2. The molecule has 168 valence electrons. The Hall–Kier alpha value is -0.200. The van der Waals surface area contributed by atoms with Gasteiger partial charge in [-0.1, -0.05) is 32.6 Å². The van der Waals surface area contributed by atoms with E-state index in [4.69, 9.17) is 4.74 Å². The minimum Gasteiger partial charge on any atom is -0.356 e. The Kier molecular flexibility index (Phi) is 8.27. The van der Waals surface area contributed by atoms with Crippen molar-refractivity contribution in [3.63, 3.8) is 0 Å². The molecule has 4 aliphatic rings. The monoisotopic (exact) mass is 407 g/mol. The molecular weight excluding hydrogens is 362 g/mol. The second-order valence-electron chi connectivity index (χ2n) is 10.2. The smallest absolute Gasteiger partial charge is 0.216 e. The summed E-state index contributed by atoms with van der Waals surface area (Å²) in [6.45, 7) is 5.98. The molecule has 4 rings (SSSR count). The Morgan fingerprint density at radius 3 is 2.69 bits per heavy atom. The van der Waals surface area contributed by atoms with Gasteiger partial charge in [-0.2, -0.15) is 0 Å². The molecule has 2 aliphatic carbocycles. The Balaban J connectivity index is 1.43. The highest BCUT2D eigenvalue weighted by Gasteiger charge is 2.47. The molecule has 0 radical (unpaired) electrons. The lowest BCUT2D eigenvalue weighted by Crippen LogP contribution is -2.60. The first-order chi connectivity index (χ1) is 14.3. The molecule has 0 amide bonds. The van der Waals surface area contributed by atoms with Crippen LogP contribution in [0.3, 0.4) is 0 Å². The maximum atomic E-state index is 10.6. The number of unbranched alkanes of at least 4 members (excludes halogenated alkanes) is 1. The predicted octanol–water partition coefficient (Wildman–Crippen LogP) is 3.68. The lowest BCUT2D eigenvalue weighted by molar-refractivity contribution is -0.211. The highest BCUT2D eigenvalue weighted by Crippen LogP contribution is 2.47. The van der Waals surface area contributed by atoms with E-state index in [0.29, 0.717) is 30.7 Å². The number of hydrogen-bond donors (Lipinski definition) is 3. The molecule has 0 aromatic carbocycles. The number of piperidine rings is 1. The lowest BCUT2D eigenvalue weighted by atomic mass is 9.62. The Bertz CT molecular complexity index is 485. The molecule has 6 atom stereocenters. The molecule has 2 heterocycles. The van der Waals surface area contributed by atoms with E-state index < -0.39 is 6.41 Å². The van der Waals surface area contributed by atoms with Gasteiger partial charge in [0.1, 0.15) is 0 Å². The van der Waals surface area contributed by atoms with E-state index in [1.807, 2.05) is 0 Å². The highest BCUT2D eigenvalue weighted by molar-refractivity contribution is 4.98. The molecule has 2 aliphatic heterocycles. The van der Waals surface area contributed by atoms with Crippen molar-refractivity contribution in [1.29, 1.82) is 0 Å². The topological polar surface area (TPSA) is 56.8 Å². The average Bonchev–Trinajstić information content (AvgIpc) is 2.96. The SMILES string of the molecule is CCCCOC(O)N1CCC2CCC3CCCNC(NC4CCCCC4)C3C2C1. The summed E-state index contributed by atoms with van der Waals surface area (Å²) >= 11 is 0. The fraction of sp³-hybridized carbons (Fsp3) is 1.00. The van der Waals surface area contributed by atoms with Gasteiger partial charge in [-0.25, -0.2) is 0 Å². The average molecular weight is 408 g/mol. The van der Waals surface area contributed by atoms with Gasteiger partial charge in [0.25, 0.3) is 0 Å². The van der Waals surface area contributed by atoms with E-state index in [2.05, 4.69) is 22.5 Å².